The molecule has 1 atom stereocenters. The number of nitrogens with zero attached hydrogens (tertiary/aromatic N) is 3. The summed E-state index contributed by atoms with van der Waals surface area (Å²) in [7, 11) is 1.60. The smallest absolute Gasteiger partial charge is 0.282 e. The molecule has 0 unspecified atom stereocenters. The highest BCUT2D eigenvalue weighted by atomic mass is 79.9. The monoisotopic (exact) mass is 579 g/mol. The molecule has 0 saturated carbocycles. The van der Waals surface area contributed by atoms with Gasteiger partial charge in [0.05, 0.1) is 45.2 Å². The molecule has 0 radical (unpaired) electrons. The molecule has 7 nitrogen and oxygen atoms in total. The van der Waals surface area contributed by atoms with Crippen molar-refractivity contribution in [2.24, 2.45) is 5.10 Å². The predicted molar refractivity (Wildman–Crippen MR) is 150 cm³/mol. The Bertz CT molecular complexity index is 1690. The molecule has 0 saturated heterocycles. The lowest BCUT2D eigenvalue weighted by molar-refractivity contribution is 0.216. The normalized spacial score (nSPS) is 12.5. The Morgan fingerprint density at radius 3 is 2.73 bits per heavy atom. The van der Waals surface area contributed by atoms with Gasteiger partial charge in [0.1, 0.15) is 11.3 Å². The highest BCUT2D eigenvalue weighted by molar-refractivity contribution is 9.10. The Morgan fingerprint density at radius 2 is 1.97 bits per heavy atom. The molecule has 37 heavy (non-hydrogen) atoms. The van der Waals surface area contributed by atoms with E-state index in [1.54, 1.807) is 43.7 Å². The van der Waals surface area contributed by atoms with Gasteiger partial charge in [0, 0.05) is 0 Å². The molecule has 3 aromatic carbocycles. The number of aromatic nitrogens is 2. The van der Waals surface area contributed by atoms with E-state index in [1.807, 2.05) is 44.2 Å². The van der Waals surface area contributed by atoms with Gasteiger partial charge < -0.3 is 13.9 Å². The van der Waals surface area contributed by atoms with Gasteiger partial charge in [0.2, 0.25) is 5.82 Å². The summed E-state index contributed by atoms with van der Waals surface area (Å²) in [4.78, 5) is 18.2. The van der Waals surface area contributed by atoms with Crippen LogP contribution >= 0.6 is 27.5 Å². The number of hydrogen-bond donors (Lipinski definition) is 0. The average molecular weight is 581 g/mol. The second kappa shape index (κ2) is 10.4. The van der Waals surface area contributed by atoms with E-state index in [4.69, 9.17) is 30.5 Å². The van der Waals surface area contributed by atoms with Gasteiger partial charge in [-0.15, -0.1) is 0 Å². The topological polar surface area (TPSA) is 78.8 Å². The fraction of sp³-hybridized carbons (Fsp3) is 0.179. The van der Waals surface area contributed by atoms with Crippen molar-refractivity contribution in [3.05, 3.63) is 86.1 Å². The first kappa shape index (κ1) is 25.0. The maximum atomic E-state index is 13.5. The molecule has 0 aliphatic heterocycles. The number of hydrogen-bond acceptors (Lipinski definition) is 6. The molecule has 2 aromatic heterocycles. The van der Waals surface area contributed by atoms with Crippen molar-refractivity contribution >= 4 is 55.6 Å². The van der Waals surface area contributed by atoms with Crippen molar-refractivity contribution in [3.63, 3.8) is 0 Å². The van der Waals surface area contributed by atoms with E-state index in [-0.39, 0.29) is 17.5 Å². The van der Waals surface area contributed by atoms with Gasteiger partial charge in [-0.1, -0.05) is 36.7 Å². The van der Waals surface area contributed by atoms with Crippen LogP contribution in [0.4, 0.5) is 0 Å². The first-order chi connectivity index (χ1) is 17.9. The summed E-state index contributed by atoms with van der Waals surface area (Å²) in [6.45, 7) is 4.02. The minimum atomic E-state index is -0.328. The van der Waals surface area contributed by atoms with E-state index in [0.717, 1.165) is 11.8 Å². The van der Waals surface area contributed by atoms with Gasteiger partial charge in [0.25, 0.3) is 5.56 Å². The third-order valence-corrected chi connectivity index (χ3v) is 6.82. The maximum Gasteiger partial charge on any atom is 0.282 e. The lowest BCUT2D eigenvalue weighted by atomic mass is 10.2. The zero-order valence-corrected chi connectivity index (χ0v) is 22.7. The van der Waals surface area contributed by atoms with Crippen molar-refractivity contribution in [1.29, 1.82) is 0 Å². The first-order valence-electron chi connectivity index (χ1n) is 11.7. The van der Waals surface area contributed by atoms with Gasteiger partial charge in [-0.3, -0.25) is 4.79 Å². The van der Waals surface area contributed by atoms with E-state index < -0.39 is 0 Å². The number of rotatable bonds is 7. The molecule has 5 aromatic rings. The van der Waals surface area contributed by atoms with E-state index >= 15 is 0 Å². The number of furan rings is 1. The van der Waals surface area contributed by atoms with Crippen LogP contribution in [0, 0.1) is 0 Å². The average Bonchev–Trinajstić information content (AvgIpc) is 3.34. The van der Waals surface area contributed by atoms with Crippen LogP contribution < -0.4 is 15.0 Å². The van der Waals surface area contributed by atoms with Gasteiger partial charge in [0.15, 0.2) is 11.5 Å². The Hall–Kier alpha value is -3.62. The SMILES string of the molecule is CC[C@H](C)Oc1c(Cl)cc(C=Nn2c(-c3cc4c(OC)cccc4o3)nc3ccccc3c2=O)cc1Br. The summed E-state index contributed by atoms with van der Waals surface area (Å²) < 4.78 is 19.4. The molecule has 0 aliphatic rings. The molecular formula is C28H23BrClN3O4. The van der Waals surface area contributed by atoms with E-state index in [9.17, 15) is 4.79 Å². The lowest BCUT2D eigenvalue weighted by Gasteiger charge is -2.15. The summed E-state index contributed by atoms with van der Waals surface area (Å²) >= 11 is 10.0. The molecule has 5 rings (SSSR count). The van der Waals surface area contributed by atoms with Gasteiger partial charge in [-0.2, -0.15) is 9.78 Å². The number of para-hydroxylation sites is 1. The predicted octanol–water partition coefficient (Wildman–Crippen LogP) is 7.29. The highest BCUT2D eigenvalue weighted by Gasteiger charge is 2.18. The number of halogens is 2. The maximum absolute atomic E-state index is 13.5. The Morgan fingerprint density at radius 1 is 1.16 bits per heavy atom. The molecule has 0 amide bonds. The van der Waals surface area contributed by atoms with Crippen LogP contribution in [0.5, 0.6) is 11.5 Å². The van der Waals surface area contributed by atoms with Crippen molar-refractivity contribution in [1.82, 2.24) is 9.66 Å². The molecule has 188 valence electrons. The Balaban J connectivity index is 1.64. The van der Waals surface area contributed by atoms with E-state index in [1.165, 1.54) is 4.68 Å². The van der Waals surface area contributed by atoms with Crippen molar-refractivity contribution in [3.8, 4) is 23.1 Å². The fourth-order valence-electron chi connectivity index (χ4n) is 3.89. The molecular weight excluding hydrogens is 558 g/mol. The Kier molecular flexibility index (Phi) is 7.04. The fourth-order valence-corrected chi connectivity index (χ4v) is 4.85. The number of fused-ring (bicyclic) bond motifs is 2. The van der Waals surface area contributed by atoms with E-state index in [2.05, 4.69) is 21.0 Å². The molecule has 0 aliphatic carbocycles. The summed E-state index contributed by atoms with van der Waals surface area (Å²) in [5.41, 5.74) is 1.50. The summed E-state index contributed by atoms with van der Waals surface area (Å²) in [5.74, 6) is 1.87. The van der Waals surface area contributed by atoms with Crippen LogP contribution in [0.3, 0.4) is 0 Å². The minimum Gasteiger partial charge on any atom is -0.496 e. The van der Waals surface area contributed by atoms with Crippen molar-refractivity contribution < 1.29 is 13.9 Å². The number of methoxy groups -OCH3 is 1. The largest absolute Gasteiger partial charge is 0.496 e. The van der Waals surface area contributed by atoms with Crippen LogP contribution in [0.25, 0.3) is 33.5 Å². The second-order valence-electron chi connectivity index (χ2n) is 8.45. The van der Waals surface area contributed by atoms with Crippen LogP contribution in [-0.2, 0) is 0 Å². The van der Waals surface area contributed by atoms with Gasteiger partial charge >= 0.3 is 0 Å². The van der Waals surface area contributed by atoms with Crippen LogP contribution in [-0.4, -0.2) is 29.1 Å². The Labute approximate surface area is 226 Å². The van der Waals surface area contributed by atoms with E-state index in [0.29, 0.717) is 48.8 Å². The van der Waals surface area contributed by atoms with Crippen LogP contribution in [0.2, 0.25) is 5.02 Å². The standard InChI is InChI=1S/C28H23BrClN3O4/c1-4-16(2)36-26-20(29)12-17(13-21(26)30)15-31-33-27(32-22-9-6-5-8-18(22)28(33)34)25-14-19-23(35-3)10-7-11-24(19)37-25/h5-16H,4H2,1-3H3/t16-/m0/s1. The molecule has 0 fully saturated rings. The third kappa shape index (κ3) is 4.86. The molecule has 9 heteroatoms. The number of ether oxygens (including phenoxy) is 2. The zero-order chi connectivity index (χ0) is 26.1. The quantitative estimate of drug-likeness (QED) is 0.189. The molecule has 0 N–H and O–H groups in total. The minimum absolute atomic E-state index is 0.0144. The van der Waals surface area contributed by atoms with Crippen molar-refractivity contribution in [2.75, 3.05) is 7.11 Å². The number of benzene rings is 3. The summed E-state index contributed by atoms with van der Waals surface area (Å²) in [6, 6.07) is 18.0. The molecule has 0 bridgehead atoms. The molecule has 2 heterocycles. The zero-order valence-electron chi connectivity index (χ0n) is 20.4. The second-order valence-corrected chi connectivity index (χ2v) is 9.71. The van der Waals surface area contributed by atoms with Crippen molar-refractivity contribution in [2.45, 2.75) is 26.4 Å². The van der Waals surface area contributed by atoms with Gasteiger partial charge in [-0.25, -0.2) is 4.98 Å². The van der Waals surface area contributed by atoms with Crippen LogP contribution in [0.1, 0.15) is 25.8 Å². The van der Waals surface area contributed by atoms with Gasteiger partial charge in [-0.05, 0) is 77.3 Å². The summed E-state index contributed by atoms with van der Waals surface area (Å²) in [6.07, 6.45) is 2.41. The van der Waals surface area contributed by atoms with Crippen LogP contribution in [0.15, 0.2) is 79.4 Å². The summed E-state index contributed by atoms with van der Waals surface area (Å²) in [5, 5.41) is 6.15. The third-order valence-electron chi connectivity index (χ3n) is 5.95. The first-order valence-corrected chi connectivity index (χ1v) is 12.9. The highest BCUT2D eigenvalue weighted by Crippen LogP contribution is 2.36. The lowest BCUT2D eigenvalue weighted by Crippen LogP contribution is -2.20. The molecule has 0 spiro atoms.